The Morgan fingerprint density at radius 3 is 2.61 bits per heavy atom. The molecule has 1 aliphatic rings. The first-order valence-corrected chi connectivity index (χ1v) is 9.63. The van der Waals surface area contributed by atoms with E-state index in [1.165, 1.54) is 0 Å². The zero-order valence-corrected chi connectivity index (χ0v) is 15.8. The molecule has 1 saturated carbocycles. The van der Waals surface area contributed by atoms with Crippen molar-refractivity contribution in [1.29, 1.82) is 0 Å². The molecule has 2 amide bonds. The zero-order valence-electron chi connectivity index (χ0n) is 15.8. The topological polar surface area (TPSA) is 87.7 Å². The molecule has 0 radical (unpaired) electrons. The summed E-state index contributed by atoms with van der Waals surface area (Å²) in [4.78, 5) is 24.3. The normalized spacial score (nSPS) is 18.4. The summed E-state index contributed by atoms with van der Waals surface area (Å²) in [5, 5.41) is 15.3. The monoisotopic (exact) mass is 382 g/mol. The number of benzene rings is 2. The van der Waals surface area contributed by atoms with E-state index >= 15 is 0 Å². The van der Waals surface area contributed by atoms with Crippen LogP contribution in [-0.4, -0.2) is 29.7 Å². The van der Waals surface area contributed by atoms with E-state index in [0.717, 1.165) is 24.0 Å². The second-order valence-corrected chi connectivity index (χ2v) is 7.12. The number of alkyl carbamates (subject to hydrolysis) is 1. The number of aromatic hydroxyl groups is 1. The fourth-order valence-electron chi connectivity index (χ4n) is 3.47. The summed E-state index contributed by atoms with van der Waals surface area (Å²) in [7, 11) is 0. The van der Waals surface area contributed by atoms with Gasteiger partial charge in [0.05, 0.1) is 0 Å². The third kappa shape index (κ3) is 6.01. The van der Waals surface area contributed by atoms with E-state index in [4.69, 9.17) is 4.74 Å². The molecule has 2 atom stereocenters. The van der Waals surface area contributed by atoms with Crippen LogP contribution in [0.1, 0.15) is 30.4 Å². The molecule has 0 bridgehead atoms. The summed E-state index contributed by atoms with van der Waals surface area (Å²) in [5.74, 6) is 0.151. The number of phenols is 1. The number of carbonyl (C=O) groups excluding carboxylic acids is 2. The first-order valence-electron chi connectivity index (χ1n) is 9.63. The minimum Gasteiger partial charge on any atom is -0.508 e. The van der Waals surface area contributed by atoms with E-state index in [0.29, 0.717) is 19.4 Å². The van der Waals surface area contributed by atoms with E-state index in [2.05, 4.69) is 10.6 Å². The molecule has 1 fully saturated rings. The van der Waals surface area contributed by atoms with Crippen molar-refractivity contribution in [2.45, 2.75) is 38.3 Å². The largest absolute Gasteiger partial charge is 0.508 e. The fourth-order valence-corrected chi connectivity index (χ4v) is 3.47. The number of hydrogen-bond acceptors (Lipinski definition) is 4. The Hall–Kier alpha value is -3.02. The lowest BCUT2D eigenvalue weighted by Gasteiger charge is -2.14. The van der Waals surface area contributed by atoms with Gasteiger partial charge >= 0.3 is 6.09 Å². The Kier molecular flexibility index (Phi) is 6.89. The number of amides is 2. The van der Waals surface area contributed by atoms with Crippen LogP contribution in [0.4, 0.5) is 4.79 Å². The van der Waals surface area contributed by atoms with Gasteiger partial charge in [0.2, 0.25) is 5.91 Å². The second-order valence-electron chi connectivity index (χ2n) is 7.12. The van der Waals surface area contributed by atoms with Gasteiger partial charge in [0.15, 0.2) is 0 Å². The van der Waals surface area contributed by atoms with Crippen molar-refractivity contribution in [1.82, 2.24) is 10.6 Å². The minimum absolute atomic E-state index is 0.0158. The maximum absolute atomic E-state index is 12.3. The number of hydrogen-bond donors (Lipinski definition) is 3. The molecule has 0 aliphatic heterocycles. The molecule has 3 N–H and O–H groups in total. The molecule has 0 unspecified atom stereocenters. The molecule has 6 heteroatoms. The smallest absolute Gasteiger partial charge is 0.407 e. The summed E-state index contributed by atoms with van der Waals surface area (Å²) < 4.78 is 5.24. The molecule has 1 aliphatic carbocycles. The van der Waals surface area contributed by atoms with Crippen molar-refractivity contribution in [3.63, 3.8) is 0 Å². The van der Waals surface area contributed by atoms with Crippen LogP contribution in [0.3, 0.4) is 0 Å². The van der Waals surface area contributed by atoms with Crippen LogP contribution < -0.4 is 10.6 Å². The Labute approximate surface area is 164 Å². The van der Waals surface area contributed by atoms with Gasteiger partial charge in [-0.15, -0.1) is 0 Å². The minimum atomic E-state index is -0.446. The average molecular weight is 382 g/mol. The summed E-state index contributed by atoms with van der Waals surface area (Å²) in [6, 6.07) is 16.5. The first kappa shape index (κ1) is 19.7. The molecule has 2 aromatic carbocycles. The lowest BCUT2D eigenvalue weighted by molar-refractivity contribution is -0.124. The van der Waals surface area contributed by atoms with Gasteiger partial charge in [-0.05, 0) is 48.9 Å². The summed E-state index contributed by atoms with van der Waals surface area (Å²) in [5.41, 5.74) is 1.92. The number of carbonyl (C=O) groups is 2. The standard InChI is InChI=1S/C22H26N2O4/c25-20-8-4-7-16(13-20)11-12-23-21(26)18-9-10-19(14-18)24-22(27)28-15-17-5-2-1-3-6-17/h1-8,13,18-19,25H,9-12,14-15H2,(H,23,26)(H,24,27)/t18-,19-/m0/s1. The quantitative estimate of drug-likeness (QED) is 0.686. The van der Waals surface area contributed by atoms with Crippen molar-refractivity contribution in [2.75, 3.05) is 6.54 Å². The van der Waals surface area contributed by atoms with Gasteiger partial charge in [-0.1, -0.05) is 42.5 Å². The predicted molar refractivity (Wildman–Crippen MR) is 106 cm³/mol. The molecule has 0 spiro atoms. The Morgan fingerprint density at radius 1 is 1.04 bits per heavy atom. The Balaban J connectivity index is 1.34. The molecule has 148 valence electrons. The van der Waals surface area contributed by atoms with Crippen molar-refractivity contribution < 1.29 is 19.4 Å². The Bertz CT molecular complexity index is 794. The molecular weight excluding hydrogens is 356 g/mol. The highest BCUT2D eigenvalue weighted by molar-refractivity contribution is 5.79. The highest BCUT2D eigenvalue weighted by Crippen LogP contribution is 2.26. The van der Waals surface area contributed by atoms with Gasteiger partial charge in [-0.3, -0.25) is 4.79 Å². The summed E-state index contributed by atoms with van der Waals surface area (Å²) in [6.45, 7) is 0.758. The fraction of sp³-hybridized carbons (Fsp3) is 0.364. The number of phenolic OH excluding ortho intramolecular Hbond substituents is 1. The van der Waals surface area contributed by atoms with Gasteiger partial charge in [0.1, 0.15) is 12.4 Å². The van der Waals surface area contributed by atoms with Crippen molar-refractivity contribution >= 4 is 12.0 Å². The average Bonchev–Trinajstić information content (AvgIpc) is 3.16. The van der Waals surface area contributed by atoms with E-state index in [1.807, 2.05) is 36.4 Å². The van der Waals surface area contributed by atoms with E-state index in [9.17, 15) is 14.7 Å². The molecule has 2 aromatic rings. The molecule has 6 nitrogen and oxygen atoms in total. The maximum atomic E-state index is 12.3. The van der Waals surface area contributed by atoms with Crippen LogP contribution in [0.15, 0.2) is 54.6 Å². The van der Waals surface area contributed by atoms with Crippen LogP contribution in [0.25, 0.3) is 0 Å². The van der Waals surface area contributed by atoms with Crippen LogP contribution >= 0.6 is 0 Å². The van der Waals surface area contributed by atoms with Crippen LogP contribution in [0, 0.1) is 5.92 Å². The number of rotatable bonds is 7. The molecule has 0 heterocycles. The molecular formula is C22H26N2O4. The van der Waals surface area contributed by atoms with E-state index in [1.54, 1.807) is 18.2 Å². The van der Waals surface area contributed by atoms with E-state index < -0.39 is 6.09 Å². The molecule has 3 rings (SSSR count). The summed E-state index contributed by atoms with van der Waals surface area (Å²) >= 11 is 0. The lowest BCUT2D eigenvalue weighted by Crippen LogP contribution is -2.35. The lowest BCUT2D eigenvalue weighted by atomic mass is 10.1. The predicted octanol–water partition coefficient (Wildman–Crippen LogP) is 3.15. The Morgan fingerprint density at radius 2 is 1.82 bits per heavy atom. The molecule has 28 heavy (non-hydrogen) atoms. The van der Waals surface area contributed by atoms with Crippen LogP contribution in [-0.2, 0) is 22.6 Å². The number of ether oxygens (including phenoxy) is 1. The molecule has 0 saturated heterocycles. The number of nitrogens with one attached hydrogen (secondary N) is 2. The van der Waals surface area contributed by atoms with Crippen molar-refractivity contribution in [3.8, 4) is 5.75 Å². The van der Waals surface area contributed by atoms with Gasteiger partial charge < -0.3 is 20.5 Å². The second kappa shape index (κ2) is 9.78. The van der Waals surface area contributed by atoms with Gasteiger partial charge in [-0.25, -0.2) is 4.79 Å². The van der Waals surface area contributed by atoms with Gasteiger partial charge in [0.25, 0.3) is 0 Å². The third-order valence-corrected chi connectivity index (χ3v) is 4.96. The van der Waals surface area contributed by atoms with Gasteiger partial charge in [0, 0.05) is 18.5 Å². The van der Waals surface area contributed by atoms with Crippen LogP contribution in [0.2, 0.25) is 0 Å². The van der Waals surface area contributed by atoms with E-state index in [-0.39, 0.29) is 30.2 Å². The zero-order chi connectivity index (χ0) is 19.8. The highest BCUT2D eigenvalue weighted by atomic mass is 16.5. The van der Waals surface area contributed by atoms with Gasteiger partial charge in [-0.2, -0.15) is 0 Å². The maximum Gasteiger partial charge on any atom is 0.407 e. The first-order chi connectivity index (χ1) is 13.6. The molecule has 0 aromatic heterocycles. The summed E-state index contributed by atoms with van der Waals surface area (Å²) in [6.07, 6.45) is 2.37. The van der Waals surface area contributed by atoms with Crippen molar-refractivity contribution in [2.24, 2.45) is 5.92 Å². The van der Waals surface area contributed by atoms with Crippen LogP contribution in [0.5, 0.6) is 5.75 Å². The third-order valence-electron chi connectivity index (χ3n) is 4.96. The highest BCUT2D eigenvalue weighted by Gasteiger charge is 2.30. The SMILES string of the molecule is O=C(N[C@H]1CC[C@H](C(=O)NCCc2cccc(O)c2)C1)OCc1ccccc1. The van der Waals surface area contributed by atoms with Crippen molar-refractivity contribution in [3.05, 3.63) is 65.7 Å².